The fourth-order valence-electron chi connectivity index (χ4n) is 1.49. The number of nitrogens with zero attached hydrogens (tertiary/aromatic N) is 1. The molecule has 5 nitrogen and oxygen atoms in total. The van der Waals surface area contributed by atoms with Crippen molar-refractivity contribution in [1.82, 2.24) is 5.48 Å². The highest BCUT2D eigenvalue weighted by Gasteiger charge is 2.28. The standard InChI is InChI=1S/C11H12N2O3/c1-15-13-11(14)10-7-9(12-16-10)8-5-3-2-4-6-8/h2-6,10H,7H2,1H3,(H,13,14). The molecule has 0 fully saturated rings. The summed E-state index contributed by atoms with van der Waals surface area (Å²) in [4.78, 5) is 20.9. The first-order valence-corrected chi connectivity index (χ1v) is 4.92. The van der Waals surface area contributed by atoms with Crippen LogP contribution in [0.2, 0.25) is 0 Å². The molecule has 0 saturated heterocycles. The summed E-state index contributed by atoms with van der Waals surface area (Å²) in [6, 6.07) is 9.62. The van der Waals surface area contributed by atoms with Gasteiger partial charge in [0.15, 0.2) is 0 Å². The quantitative estimate of drug-likeness (QED) is 0.768. The third-order valence-corrected chi connectivity index (χ3v) is 2.27. The Balaban J connectivity index is 2.00. The Hall–Kier alpha value is -1.88. The van der Waals surface area contributed by atoms with Crippen molar-refractivity contribution in [2.24, 2.45) is 5.16 Å². The second-order valence-electron chi connectivity index (χ2n) is 3.37. The summed E-state index contributed by atoms with van der Waals surface area (Å²) >= 11 is 0. The van der Waals surface area contributed by atoms with Gasteiger partial charge in [0.1, 0.15) is 0 Å². The third kappa shape index (κ3) is 2.20. The van der Waals surface area contributed by atoms with Gasteiger partial charge in [-0.2, -0.15) is 0 Å². The number of hydroxylamine groups is 1. The molecule has 1 N–H and O–H groups in total. The van der Waals surface area contributed by atoms with E-state index in [1.54, 1.807) is 0 Å². The van der Waals surface area contributed by atoms with E-state index in [2.05, 4.69) is 15.5 Å². The van der Waals surface area contributed by atoms with Crippen LogP contribution in [-0.4, -0.2) is 24.8 Å². The highest BCUT2D eigenvalue weighted by Crippen LogP contribution is 2.16. The van der Waals surface area contributed by atoms with E-state index in [9.17, 15) is 4.79 Å². The van der Waals surface area contributed by atoms with Crippen molar-refractivity contribution in [3.8, 4) is 0 Å². The summed E-state index contributed by atoms with van der Waals surface area (Å²) in [7, 11) is 1.38. The molecule has 1 unspecified atom stereocenters. The van der Waals surface area contributed by atoms with Crippen molar-refractivity contribution in [1.29, 1.82) is 0 Å². The van der Waals surface area contributed by atoms with Crippen molar-refractivity contribution in [3.05, 3.63) is 35.9 Å². The largest absolute Gasteiger partial charge is 0.382 e. The molecule has 1 heterocycles. The number of carbonyl (C=O) groups excluding carboxylic acids is 1. The van der Waals surface area contributed by atoms with Gasteiger partial charge in [-0.3, -0.25) is 9.63 Å². The predicted molar refractivity (Wildman–Crippen MR) is 57.6 cm³/mol. The number of oxime groups is 1. The van der Waals surface area contributed by atoms with Crippen LogP contribution in [0.5, 0.6) is 0 Å². The van der Waals surface area contributed by atoms with Crippen LogP contribution < -0.4 is 5.48 Å². The molecular formula is C11H12N2O3. The lowest BCUT2D eigenvalue weighted by molar-refractivity contribution is -0.141. The van der Waals surface area contributed by atoms with Crippen molar-refractivity contribution < 1.29 is 14.5 Å². The van der Waals surface area contributed by atoms with Gasteiger partial charge in [0.2, 0.25) is 6.10 Å². The number of benzene rings is 1. The summed E-state index contributed by atoms with van der Waals surface area (Å²) in [5, 5.41) is 3.89. The Labute approximate surface area is 93.0 Å². The van der Waals surface area contributed by atoms with Crippen molar-refractivity contribution in [2.75, 3.05) is 7.11 Å². The lowest BCUT2D eigenvalue weighted by atomic mass is 10.1. The number of nitrogens with one attached hydrogen (secondary N) is 1. The molecule has 2 rings (SSSR count). The van der Waals surface area contributed by atoms with Crippen molar-refractivity contribution in [2.45, 2.75) is 12.5 Å². The van der Waals surface area contributed by atoms with Gasteiger partial charge in [-0.1, -0.05) is 35.5 Å². The van der Waals surface area contributed by atoms with Crippen LogP contribution in [-0.2, 0) is 14.5 Å². The summed E-state index contributed by atoms with van der Waals surface area (Å²) in [6.07, 6.45) is -0.144. The highest BCUT2D eigenvalue weighted by molar-refractivity contribution is 6.03. The molecule has 16 heavy (non-hydrogen) atoms. The van der Waals surface area contributed by atoms with Gasteiger partial charge in [0, 0.05) is 6.42 Å². The molecule has 0 aliphatic carbocycles. The first kappa shape index (κ1) is 10.6. The molecule has 1 aliphatic rings. The SMILES string of the molecule is CONC(=O)C1CC(c2ccccc2)=NO1. The van der Waals surface area contributed by atoms with Crippen LogP contribution >= 0.6 is 0 Å². The predicted octanol–water partition coefficient (Wildman–Crippen LogP) is 0.857. The van der Waals surface area contributed by atoms with Crippen molar-refractivity contribution in [3.63, 3.8) is 0 Å². The molecule has 1 amide bonds. The second-order valence-corrected chi connectivity index (χ2v) is 3.37. The normalized spacial score (nSPS) is 18.8. The molecular weight excluding hydrogens is 208 g/mol. The number of rotatable bonds is 3. The fraction of sp³-hybridized carbons (Fsp3) is 0.273. The summed E-state index contributed by atoms with van der Waals surface area (Å²) in [6.45, 7) is 0. The maximum absolute atomic E-state index is 11.4. The van der Waals surface area contributed by atoms with Crippen LogP contribution in [0.4, 0.5) is 0 Å². The lowest BCUT2D eigenvalue weighted by Gasteiger charge is -2.06. The maximum Gasteiger partial charge on any atom is 0.287 e. The zero-order valence-corrected chi connectivity index (χ0v) is 8.84. The zero-order chi connectivity index (χ0) is 11.4. The Morgan fingerprint density at radius 2 is 2.25 bits per heavy atom. The minimum Gasteiger partial charge on any atom is -0.382 e. The smallest absolute Gasteiger partial charge is 0.287 e. The van der Waals surface area contributed by atoms with Crippen LogP contribution in [0.3, 0.4) is 0 Å². The summed E-state index contributed by atoms with van der Waals surface area (Å²) in [5.41, 5.74) is 3.96. The molecule has 84 valence electrons. The topological polar surface area (TPSA) is 59.9 Å². The Bertz CT molecular complexity index is 403. The molecule has 1 aromatic carbocycles. The van der Waals surface area contributed by atoms with E-state index in [4.69, 9.17) is 4.84 Å². The maximum atomic E-state index is 11.4. The van der Waals surface area contributed by atoms with E-state index >= 15 is 0 Å². The van der Waals surface area contributed by atoms with Gasteiger partial charge in [-0.05, 0) is 5.56 Å². The van der Waals surface area contributed by atoms with Gasteiger partial charge in [-0.25, -0.2) is 5.48 Å². The molecule has 5 heteroatoms. The van der Waals surface area contributed by atoms with Gasteiger partial charge in [-0.15, -0.1) is 0 Å². The third-order valence-electron chi connectivity index (χ3n) is 2.27. The minimum absolute atomic E-state index is 0.322. The van der Waals surface area contributed by atoms with E-state index in [1.165, 1.54) is 7.11 Å². The fourth-order valence-corrected chi connectivity index (χ4v) is 1.49. The number of hydrogen-bond acceptors (Lipinski definition) is 4. The van der Waals surface area contributed by atoms with Crippen molar-refractivity contribution >= 4 is 11.6 Å². The molecule has 0 aromatic heterocycles. The zero-order valence-electron chi connectivity index (χ0n) is 8.84. The molecule has 1 aliphatic heterocycles. The van der Waals surface area contributed by atoms with Gasteiger partial charge in [0.05, 0.1) is 12.8 Å². The van der Waals surface area contributed by atoms with Gasteiger partial charge in [0.25, 0.3) is 5.91 Å². The average molecular weight is 220 g/mol. The molecule has 0 bridgehead atoms. The Morgan fingerprint density at radius 3 is 2.94 bits per heavy atom. The van der Waals surface area contributed by atoms with E-state index in [1.807, 2.05) is 30.3 Å². The molecule has 0 saturated carbocycles. The number of amides is 1. The Kier molecular flexibility index (Phi) is 3.16. The number of hydrogen-bond donors (Lipinski definition) is 1. The molecule has 0 spiro atoms. The average Bonchev–Trinajstić information content (AvgIpc) is 2.80. The van der Waals surface area contributed by atoms with E-state index in [0.717, 1.165) is 11.3 Å². The highest BCUT2D eigenvalue weighted by atomic mass is 16.7. The van der Waals surface area contributed by atoms with Crippen LogP contribution in [0.15, 0.2) is 35.5 Å². The number of carbonyl (C=O) groups is 1. The minimum atomic E-state index is -0.602. The van der Waals surface area contributed by atoms with Gasteiger partial charge >= 0.3 is 0 Å². The molecule has 1 atom stereocenters. The monoisotopic (exact) mass is 220 g/mol. The van der Waals surface area contributed by atoms with Crippen LogP contribution in [0.1, 0.15) is 12.0 Å². The molecule has 1 aromatic rings. The summed E-state index contributed by atoms with van der Waals surface area (Å²) in [5.74, 6) is -0.322. The lowest BCUT2D eigenvalue weighted by Crippen LogP contribution is -2.33. The molecule has 0 radical (unpaired) electrons. The van der Waals surface area contributed by atoms with Crippen LogP contribution in [0.25, 0.3) is 0 Å². The van der Waals surface area contributed by atoms with E-state index < -0.39 is 6.10 Å². The van der Waals surface area contributed by atoms with E-state index in [0.29, 0.717) is 6.42 Å². The first-order valence-electron chi connectivity index (χ1n) is 4.92. The van der Waals surface area contributed by atoms with E-state index in [-0.39, 0.29) is 5.91 Å². The Morgan fingerprint density at radius 1 is 1.50 bits per heavy atom. The summed E-state index contributed by atoms with van der Waals surface area (Å²) < 4.78 is 0. The first-order chi connectivity index (χ1) is 7.81. The van der Waals surface area contributed by atoms with Gasteiger partial charge < -0.3 is 4.84 Å². The van der Waals surface area contributed by atoms with Crippen LogP contribution in [0, 0.1) is 0 Å². The second kappa shape index (κ2) is 4.76.